The van der Waals surface area contributed by atoms with E-state index in [-0.39, 0.29) is 17.8 Å². The van der Waals surface area contributed by atoms with E-state index in [1.165, 1.54) is 25.0 Å². The van der Waals surface area contributed by atoms with Crippen LogP contribution in [0.4, 0.5) is 4.39 Å². The quantitative estimate of drug-likeness (QED) is 0.893. The first-order chi connectivity index (χ1) is 9.99. The molecular formula is C16H22BrFN2O. The van der Waals surface area contributed by atoms with Gasteiger partial charge < -0.3 is 10.2 Å². The van der Waals surface area contributed by atoms with Gasteiger partial charge in [-0.2, -0.15) is 0 Å². The smallest absolute Gasteiger partial charge is 0.255 e. The van der Waals surface area contributed by atoms with Crippen molar-refractivity contribution in [2.24, 2.45) is 0 Å². The monoisotopic (exact) mass is 356 g/mol. The van der Waals surface area contributed by atoms with E-state index in [9.17, 15) is 9.18 Å². The number of nitrogens with one attached hydrogen (secondary N) is 1. The molecule has 1 N–H and O–H groups in total. The summed E-state index contributed by atoms with van der Waals surface area (Å²) in [5.41, 5.74) is 0.388. The molecule has 1 amide bonds. The summed E-state index contributed by atoms with van der Waals surface area (Å²) in [7, 11) is 0. The molecule has 0 saturated carbocycles. The van der Waals surface area contributed by atoms with Gasteiger partial charge in [0.15, 0.2) is 0 Å². The van der Waals surface area contributed by atoms with Gasteiger partial charge >= 0.3 is 0 Å². The second-order valence-electron chi connectivity index (χ2n) is 5.82. The summed E-state index contributed by atoms with van der Waals surface area (Å²) in [5, 5.41) is 3.46. The lowest BCUT2D eigenvalue weighted by molar-refractivity contribution is 0.0675. The fraction of sp³-hybridized carbons (Fsp3) is 0.562. The molecule has 1 aromatic carbocycles. The van der Waals surface area contributed by atoms with Crippen LogP contribution >= 0.6 is 15.9 Å². The molecule has 1 saturated heterocycles. The second kappa shape index (κ2) is 7.36. The molecule has 3 nitrogen and oxygen atoms in total. The van der Waals surface area contributed by atoms with Gasteiger partial charge in [0.25, 0.3) is 5.91 Å². The molecule has 1 aliphatic heterocycles. The van der Waals surface area contributed by atoms with Crippen molar-refractivity contribution in [3.05, 3.63) is 34.1 Å². The third-order valence-electron chi connectivity index (χ3n) is 3.87. The van der Waals surface area contributed by atoms with Gasteiger partial charge in [-0.25, -0.2) is 4.39 Å². The van der Waals surface area contributed by atoms with Crippen LogP contribution in [0.1, 0.15) is 43.5 Å². The van der Waals surface area contributed by atoms with Crippen LogP contribution in [0, 0.1) is 5.82 Å². The third-order valence-corrected chi connectivity index (χ3v) is 4.56. The Balaban J connectivity index is 2.16. The summed E-state index contributed by atoms with van der Waals surface area (Å²) in [5.74, 6) is -0.509. The van der Waals surface area contributed by atoms with E-state index >= 15 is 0 Å². The van der Waals surface area contributed by atoms with Crippen LogP contribution in [-0.2, 0) is 0 Å². The molecule has 116 valence electrons. The molecule has 1 aliphatic rings. The molecule has 0 radical (unpaired) electrons. The molecule has 1 unspecified atom stereocenters. The van der Waals surface area contributed by atoms with Crippen molar-refractivity contribution in [1.29, 1.82) is 0 Å². The van der Waals surface area contributed by atoms with Gasteiger partial charge in [-0.3, -0.25) is 4.79 Å². The molecule has 0 spiro atoms. The zero-order valence-corrected chi connectivity index (χ0v) is 14.1. The highest BCUT2D eigenvalue weighted by atomic mass is 79.9. The summed E-state index contributed by atoms with van der Waals surface area (Å²) in [6.07, 6.45) is 3.48. The second-order valence-corrected chi connectivity index (χ2v) is 6.68. The van der Waals surface area contributed by atoms with Crippen molar-refractivity contribution in [3.8, 4) is 0 Å². The van der Waals surface area contributed by atoms with Crippen molar-refractivity contribution in [2.75, 3.05) is 13.1 Å². The number of carbonyl (C=O) groups is 1. The largest absolute Gasteiger partial charge is 0.335 e. The predicted molar refractivity (Wildman–Crippen MR) is 85.9 cm³/mol. The lowest BCUT2D eigenvalue weighted by Gasteiger charge is -2.33. The minimum atomic E-state index is -0.388. The van der Waals surface area contributed by atoms with E-state index < -0.39 is 0 Å². The minimum Gasteiger partial charge on any atom is -0.335 e. The molecule has 2 rings (SSSR count). The lowest BCUT2D eigenvalue weighted by Crippen LogP contribution is -2.48. The van der Waals surface area contributed by atoms with Crippen LogP contribution in [0.2, 0.25) is 0 Å². The molecule has 0 aliphatic carbocycles. The van der Waals surface area contributed by atoms with Gasteiger partial charge in [-0.1, -0.05) is 6.42 Å². The van der Waals surface area contributed by atoms with E-state index in [1.807, 2.05) is 18.7 Å². The Bertz CT molecular complexity index is 501. The molecule has 21 heavy (non-hydrogen) atoms. The van der Waals surface area contributed by atoms with Crippen molar-refractivity contribution in [2.45, 2.75) is 45.2 Å². The maximum atomic E-state index is 13.4. The van der Waals surface area contributed by atoms with Crippen LogP contribution in [0.15, 0.2) is 22.7 Å². The molecule has 1 heterocycles. The summed E-state index contributed by atoms with van der Waals surface area (Å²) >= 11 is 3.34. The number of hydrogen-bond donors (Lipinski definition) is 1. The van der Waals surface area contributed by atoms with Crippen LogP contribution in [0.5, 0.6) is 0 Å². The number of hydrogen-bond acceptors (Lipinski definition) is 2. The highest BCUT2D eigenvalue weighted by molar-refractivity contribution is 9.10. The van der Waals surface area contributed by atoms with E-state index in [4.69, 9.17) is 0 Å². The van der Waals surface area contributed by atoms with Crippen molar-refractivity contribution in [3.63, 3.8) is 0 Å². The Hall–Kier alpha value is -0.940. The Morgan fingerprint density at radius 2 is 2.24 bits per heavy atom. The Morgan fingerprint density at radius 3 is 2.86 bits per heavy atom. The molecule has 1 aromatic rings. The van der Waals surface area contributed by atoms with Gasteiger partial charge in [0.1, 0.15) is 5.82 Å². The van der Waals surface area contributed by atoms with Crippen molar-refractivity contribution < 1.29 is 9.18 Å². The first kappa shape index (κ1) is 16.4. The van der Waals surface area contributed by atoms with Gasteiger partial charge in [0.05, 0.1) is 5.56 Å². The molecule has 5 heteroatoms. The number of halogens is 2. The van der Waals surface area contributed by atoms with Crippen LogP contribution in [-0.4, -0.2) is 36.0 Å². The Labute approximate surface area is 134 Å². The average Bonchev–Trinajstić information content (AvgIpc) is 2.47. The summed E-state index contributed by atoms with van der Waals surface area (Å²) < 4.78 is 14.1. The first-order valence-corrected chi connectivity index (χ1v) is 8.27. The van der Waals surface area contributed by atoms with Gasteiger partial charge in [-0.05, 0) is 67.4 Å². The molecule has 1 fully saturated rings. The van der Waals surface area contributed by atoms with Crippen LogP contribution in [0.25, 0.3) is 0 Å². The van der Waals surface area contributed by atoms with E-state index in [2.05, 4.69) is 21.2 Å². The Kier molecular flexibility index (Phi) is 5.76. The maximum absolute atomic E-state index is 13.4. The predicted octanol–water partition coefficient (Wildman–Crippen LogP) is 3.58. The highest BCUT2D eigenvalue weighted by Crippen LogP contribution is 2.21. The first-order valence-electron chi connectivity index (χ1n) is 7.48. The zero-order valence-electron chi connectivity index (χ0n) is 12.5. The summed E-state index contributed by atoms with van der Waals surface area (Å²) in [4.78, 5) is 14.6. The van der Waals surface area contributed by atoms with Gasteiger partial charge in [-0.15, -0.1) is 0 Å². The fourth-order valence-corrected chi connectivity index (χ4v) is 3.08. The molecule has 1 atom stereocenters. The van der Waals surface area contributed by atoms with E-state index in [0.29, 0.717) is 22.6 Å². The standard InChI is InChI=1S/C16H22BrFN2O/c1-11(2)20(10-13-5-3-4-8-19-13)16(21)14-9-12(18)6-7-15(14)17/h6-7,9,11,13,19H,3-5,8,10H2,1-2H3. The highest BCUT2D eigenvalue weighted by Gasteiger charge is 2.25. The van der Waals surface area contributed by atoms with E-state index in [0.717, 1.165) is 13.0 Å². The molecule has 0 bridgehead atoms. The number of piperidine rings is 1. The zero-order chi connectivity index (χ0) is 15.4. The minimum absolute atomic E-state index is 0.0800. The lowest BCUT2D eigenvalue weighted by atomic mass is 10.0. The van der Waals surface area contributed by atoms with Crippen molar-refractivity contribution >= 4 is 21.8 Å². The molecular weight excluding hydrogens is 335 g/mol. The number of carbonyl (C=O) groups excluding carboxylic acids is 1. The van der Waals surface area contributed by atoms with Crippen LogP contribution < -0.4 is 5.32 Å². The van der Waals surface area contributed by atoms with Crippen LogP contribution in [0.3, 0.4) is 0 Å². The van der Waals surface area contributed by atoms with Gasteiger partial charge in [0.2, 0.25) is 0 Å². The van der Waals surface area contributed by atoms with Crippen molar-refractivity contribution in [1.82, 2.24) is 10.2 Å². The molecule has 0 aromatic heterocycles. The summed E-state index contributed by atoms with van der Waals surface area (Å²) in [6, 6.07) is 4.65. The normalized spacial score (nSPS) is 18.8. The third kappa shape index (κ3) is 4.27. The van der Waals surface area contributed by atoms with E-state index in [1.54, 1.807) is 6.07 Å². The van der Waals surface area contributed by atoms with Gasteiger partial charge in [0, 0.05) is 23.1 Å². The average molecular weight is 357 g/mol. The maximum Gasteiger partial charge on any atom is 0.255 e. The topological polar surface area (TPSA) is 32.3 Å². The Morgan fingerprint density at radius 1 is 1.48 bits per heavy atom. The number of rotatable bonds is 4. The fourth-order valence-electron chi connectivity index (χ4n) is 2.66. The number of nitrogens with zero attached hydrogens (tertiary/aromatic N) is 1. The number of amides is 1. The SMILES string of the molecule is CC(C)N(CC1CCCCN1)C(=O)c1cc(F)ccc1Br. The summed E-state index contributed by atoms with van der Waals surface area (Å²) in [6.45, 7) is 5.66. The number of benzene rings is 1.